The number of rotatable bonds is 7. The van der Waals surface area contributed by atoms with Crippen LogP contribution in [0.25, 0.3) is 0 Å². The highest BCUT2D eigenvalue weighted by atomic mass is 16.6. The number of anilines is 3. The highest BCUT2D eigenvalue weighted by Crippen LogP contribution is 2.27. The number of benzene rings is 2. The largest absolute Gasteiger partial charge is 0.444 e. The number of nitrogens with zero attached hydrogens (tertiary/aromatic N) is 2. The Kier molecular flexibility index (Phi) is 6.95. The maximum Gasteiger partial charge on any atom is 0.411 e. The number of carbonyl (C=O) groups excluding carboxylic acids is 2. The molecule has 1 saturated heterocycles. The average Bonchev–Trinajstić information content (AvgIpc) is 3.08. The first-order chi connectivity index (χ1) is 14.4. The van der Waals surface area contributed by atoms with Crippen molar-refractivity contribution in [3.05, 3.63) is 53.6 Å². The molecule has 7 heteroatoms. The Labute approximate surface area is 177 Å². The first kappa shape index (κ1) is 21.6. The molecule has 3 rings (SSSR count). The van der Waals surface area contributed by atoms with Gasteiger partial charge in [-0.3, -0.25) is 10.1 Å². The molecule has 2 amide bonds. The van der Waals surface area contributed by atoms with Gasteiger partial charge in [0.15, 0.2) is 0 Å². The fourth-order valence-corrected chi connectivity index (χ4v) is 3.64. The van der Waals surface area contributed by atoms with Crippen molar-refractivity contribution in [1.82, 2.24) is 0 Å². The van der Waals surface area contributed by atoms with Gasteiger partial charge in [0.25, 0.3) is 0 Å². The van der Waals surface area contributed by atoms with Gasteiger partial charge in [-0.1, -0.05) is 12.1 Å². The van der Waals surface area contributed by atoms with Crippen LogP contribution in [0.3, 0.4) is 0 Å². The van der Waals surface area contributed by atoms with Crippen LogP contribution in [-0.2, 0) is 9.53 Å². The van der Waals surface area contributed by atoms with Crippen molar-refractivity contribution >= 4 is 29.1 Å². The van der Waals surface area contributed by atoms with Crippen molar-refractivity contribution in [2.24, 2.45) is 0 Å². The number of nitrogens with one attached hydrogen (secondary N) is 1. The third-order valence-electron chi connectivity index (χ3n) is 5.25. The first-order valence-electron chi connectivity index (χ1n) is 10.2. The lowest BCUT2D eigenvalue weighted by atomic mass is 10.1. The summed E-state index contributed by atoms with van der Waals surface area (Å²) in [4.78, 5) is 28.5. The fraction of sp³-hybridized carbons (Fsp3) is 0.391. The standard InChI is InChI=1S/C23H29N3O4/c1-4-25(11-12-27)19-9-7-18(8-10-19)24-23(29)30-20-14-22(28)26(15-20)21-13-16(2)5-6-17(21)3/h5-10,13,20,27H,4,11-12,14-15H2,1-3H3,(H,24,29). The second-order valence-corrected chi connectivity index (χ2v) is 7.50. The van der Waals surface area contributed by atoms with Crippen LogP contribution in [0.1, 0.15) is 24.5 Å². The molecule has 1 heterocycles. The Morgan fingerprint density at radius 2 is 1.97 bits per heavy atom. The molecule has 30 heavy (non-hydrogen) atoms. The van der Waals surface area contributed by atoms with Crippen LogP contribution in [0.5, 0.6) is 0 Å². The van der Waals surface area contributed by atoms with E-state index in [2.05, 4.69) is 5.32 Å². The van der Waals surface area contributed by atoms with Crippen molar-refractivity contribution in [3.63, 3.8) is 0 Å². The molecule has 0 saturated carbocycles. The highest BCUT2D eigenvalue weighted by Gasteiger charge is 2.34. The van der Waals surface area contributed by atoms with E-state index in [9.17, 15) is 9.59 Å². The van der Waals surface area contributed by atoms with Gasteiger partial charge in [0.05, 0.1) is 19.6 Å². The number of likely N-dealkylation sites (N-methyl/N-ethyl adjacent to an activating group) is 1. The summed E-state index contributed by atoms with van der Waals surface area (Å²) >= 11 is 0. The van der Waals surface area contributed by atoms with Gasteiger partial charge < -0.3 is 19.6 Å². The minimum Gasteiger partial charge on any atom is -0.444 e. The van der Waals surface area contributed by atoms with E-state index in [-0.39, 0.29) is 18.9 Å². The molecule has 0 aromatic heterocycles. The molecule has 0 aliphatic carbocycles. The van der Waals surface area contributed by atoms with Gasteiger partial charge in [0.2, 0.25) is 5.91 Å². The lowest BCUT2D eigenvalue weighted by Gasteiger charge is -2.22. The number of hydrogen-bond acceptors (Lipinski definition) is 5. The summed E-state index contributed by atoms with van der Waals surface area (Å²) in [5, 5.41) is 11.9. The predicted octanol–water partition coefficient (Wildman–Crippen LogP) is 3.48. The molecule has 160 valence electrons. The number of hydrogen-bond donors (Lipinski definition) is 2. The van der Waals surface area contributed by atoms with E-state index in [1.807, 2.05) is 56.0 Å². The predicted molar refractivity (Wildman–Crippen MR) is 118 cm³/mol. The molecule has 0 bridgehead atoms. The fourth-order valence-electron chi connectivity index (χ4n) is 3.64. The van der Waals surface area contributed by atoms with Crippen LogP contribution in [0.2, 0.25) is 0 Å². The number of ether oxygens (including phenoxy) is 1. The van der Waals surface area contributed by atoms with Crippen molar-refractivity contribution in [1.29, 1.82) is 0 Å². The van der Waals surface area contributed by atoms with Gasteiger partial charge in [0.1, 0.15) is 6.10 Å². The molecule has 1 aliphatic rings. The second-order valence-electron chi connectivity index (χ2n) is 7.50. The molecule has 2 N–H and O–H groups in total. The molecule has 1 atom stereocenters. The monoisotopic (exact) mass is 411 g/mol. The van der Waals surface area contributed by atoms with E-state index >= 15 is 0 Å². The van der Waals surface area contributed by atoms with E-state index < -0.39 is 12.2 Å². The lowest BCUT2D eigenvalue weighted by Crippen LogP contribution is -2.28. The summed E-state index contributed by atoms with van der Waals surface area (Å²) in [5.74, 6) is -0.0469. The van der Waals surface area contributed by atoms with Gasteiger partial charge >= 0.3 is 6.09 Å². The molecular weight excluding hydrogens is 382 g/mol. The molecule has 0 spiro atoms. The quantitative estimate of drug-likeness (QED) is 0.729. The van der Waals surface area contributed by atoms with E-state index in [0.717, 1.165) is 29.0 Å². The summed E-state index contributed by atoms with van der Waals surface area (Å²) in [6, 6.07) is 13.3. The summed E-state index contributed by atoms with van der Waals surface area (Å²) in [6.45, 7) is 7.73. The summed E-state index contributed by atoms with van der Waals surface area (Å²) in [6.07, 6.45) is -0.894. The molecule has 0 radical (unpaired) electrons. The van der Waals surface area contributed by atoms with E-state index in [1.165, 1.54) is 0 Å². The Balaban J connectivity index is 1.58. The molecule has 7 nitrogen and oxygen atoms in total. The Morgan fingerprint density at radius 3 is 2.63 bits per heavy atom. The maximum absolute atomic E-state index is 12.5. The zero-order valence-electron chi connectivity index (χ0n) is 17.7. The van der Waals surface area contributed by atoms with Gasteiger partial charge in [-0.2, -0.15) is 0 Å². The van der Waals surface area contributed by atoms with Gasteiger partial charge in [-0.25, -0.2) is 4.79 Å². The van der Waals surface area contributed by atoms with Crippen molar-refractivity contribution in [2.45, 2.75) is 33.3 Å². The topological polar surface area (TPSA) is 82.1 Å². The van der Waals surface area contributed by atoms with Crippen LogP contribution in [-0.4, -0.2) is 49.5 Å². The number of aliphatic hydroxyl groups is 1. The van der Waals surface area contributed by atoms with Crippen LogP contribution in [0.15, 0.2) is 42.5 Å². The molecule has 1 aliphatic heterocycles. The van der Waals surface area contributed by atoms with E-state index in [4.69, 9.17) is 9.84 Å². The summed E-state index contributed by atoms with van der Waals surface area (Å²) in [7, 11) is 0. The summed E-state index contributed by atoms with van der Waals surface area (Å²) in [5.41, 5.74) is 4.54. The minimum absolute atomic E-state index is 0.0469. The first-order valence-corrected chi connectivity index (χ1v) is 10.2. The molecule has 1 unspecified atom stereocenters. The Hall–Kier alpha value is -3.06. The molecular formula is C23H29N3O4. The van der Waals surface area contributed by atoms with Crippen molar-refractivity contribution in [3.8, 4) is 0 Å². The van der Waals surface area contributed by atoms with Crippen LogP contribution >= 0.6 is 0 Å². The Bertz CT molecular complexity index is 898. The van der Waals surface area contributed by atoms with Crippen molar-refractivity contribution in [2.75, 3.05) is 41.4 Å². The van der Waals surface area contributed by atoms with E-state index in [0.29, 0.717) is 18.8 Å². The third-order valence-corrected chi connectivity index (χ3v) is 5.25. The normalized spacial score (nSPS) is 15.9. The smallest absolute Gasteiger partial charge is 0.411 e. The number of aliphatic hydroxyl groups excluding tert-OH is 1. The zero-order valence-corrected chi connectivity index (χ0v) is 17.7. The third kappa shape index (κ3) is 5.10. The Morgan fingerprint density at radius 1 is 1.23 bits per heavy atom. The number of carbonyl (C=O) groups is 2. The molecule has 1 fully saturated rings. The van der Waals surface area contributed by atoms with Crippen LogP contribution in [0.4, 0.5) is 21.9 Å². The van der Waals surface area contributed by atoms with Gasteiger partial charge in [-0.05, 0) is 62.2 Å². The SMILES string of the molecule is CCN(CCO)c1ccc(NC(=O)OC2CC(=O)N(c3cc(C)ccc3C)C2)cc1. The zero-order chi connectivity index (χ0) is 21.7. The highest BCUT2D eigenvalue weighted by molar-refractivity contribution is 5.97. The van der Waals surface area contributed by atoms with Crippen molar-refractivity contribution < 1.29 is 19.4 Å². The van der Waals surface area contributed by atoms with E-state index in [1.54, 1.807) is 17.0 Å². The van der Waals surface area contributed by atoms with Crippen LogP contribution < -0.4 is 15.1 Å². The number of amides is 2. The van der Waals surface area contributed by atoms with Gasteiger partial charge in [-0.15, -0.1) is 0 Å². The molecule has 2 aromatic carbocycles. The van der Waals surface area contributed by atoms with Crippen LogP contribution in [0, 0.1) is 13.8 Å². The second kappa shape index (κ2) is 9.63. The number of aryl methyl sites for hydroxylation is 2. The molecule has 2 aromatic rings. The average molecular weight is 412 g/mol. The summed E-state index contributed by atoms with van der Waals surface area (Å²) < 4.78 is 5.49. The maximum atomic E-state index is 12.5. The van der Waals surface area contributed by atoms with Gasteiger partial charge in [0, 0.05) is 30.2 Å². The lowest BCUT2D eigenvalue weighted by molar-refractivity contribution is -0.117. The minimum atomic E-state index is -0.578.